The van der Waals surface area contributed by atoms with E-state index in [1.54, 1.807) is 7.11 Å². The first-order valence-corrected chi connectivity index (χ1v) is 7.33. The molecule has 21 heavy (non-hydrogen) atoms. The highest BCUT2D eigenvalue weighted by atomic mass is 16.6. The van der Waals surface area contributed by atoms with Gasteiger partial charge in [-0.15, -0.1) is 0 Å². The Labute approximate surface area is 126 Å². The van der Waals surface area contributed by atoms with E-state index in [4.69, 9.17) is 14.2 Å². The Balaban J connectivity index is 2.03. The molecule has 4 heteroatoms. The minimum Gasteiger partial charge on any atom is -0.486 e. The van der Waals surface area contributed by atoms with E-state index in [0.717, 1.165) is 11.3 Å². The second kappa shape index (κ2) is 6.58. The van der Waals surface area contributed by atoms with Crippen LogP contribution < -0.4 is 4.74 Å². The van der Waals surface area contributed by atoms with Crippen molar-refractivity contribution in [2.24, 2.45) is 0 Å². The van der Waals surface area contributed by atoms with E-state index in [2.05, 4.69) is 26.8 Å². The largest absolute Gasteiger partial charge is 0.486 e. The lowest BCUT2D eigenvalue weighted by molar-refractivity contribution is -0.156. The SMILES string of the molecule is COCCOC1C(=O)CC1Oc1ccccc1C(C)(C)C. The summed E-state index contributed by atoms with van der Waals surface area (Å²) in [5, 5.41) is 0. The molecule has 0 spiro atoms. The molecule has 1 saturated carbocycles. The van der Waals surface area contributed by atoms with Gasteiger partial charge in [0.25, 0.3) is 0 Å². The van der Waals surface area contributed by atoms with Crippen molar-refractivity contribution in [1.29, 1.82) is 0 Å². The van der Waals surface area contributed by atoms with Crippen LogP contribution in [0.4, 0.5) is 0 Å². The third kappa shape index (κ3) is 3.83. The van der Waals surface area contributed by atoms with Gasteiger partial charge in [0.15, 0.2) is 11.9 Å². The first-order chi connectivity index (χ1) is 9.93. The molecule has 2 atom stereocenters. The molecule has 0 bridgehead atoms. The summed E-state index contributed by atoms with van der Waals surface area (Å²) in [4.78, 5) is 11.7. The van der Waals surface area contributed by atoms with E-state index in [9.17, 15) is 4.79 Å². The van der Waals surface area contributed by atoms with Crippen LogP contribution in [-0.2, 0) is 19.7 Å². The minimum absolute atomic E-state index is 0.00322. The number of ether oxygens (including phenoxy) is 3. The Morgan fingerprint density at radius 3 is 2.52 bits per heavy atom. The van der Waals surface area contributed by atoms with E-state index >= 15 is 0 Å². The van der Waals surface area contributed by atoms with Crippen LogP contribution in [0.15, 0.2) is 24.3 Å². The van der Waals surface area contributed by atoms with Crippen LogP contribution in [0.3, 0.4) is 0 Å². The van der Waals surface area contributed by atoms with Crippen molar-refractivity contribution >= 4 is 5.78 Å². The summed E-state index contributed by atoms with van der Waals surface area (Å²) >= 11 is 0. The van der Waals surface area contributed by atoms with Crippen molar-refractivity contribution in [2.45, 2.75) is 44.8 Å². The van der Waals surface area contributed by atoms with E-state index in [-0.39, 0.29) is 17.3 Å². The molecular weight excluding hydrogens is 268 g/mol. The summed E-state index contributed by atoms with van der Waals surface area (Å²) < 4.78 is 16.5. The van der Waals surface area contributed by atoms with Crippen molar-refractivity contribution in [2.75, 3.05) is 20.3 Å². The number of ketones is 1. The van der Waals surface area contributed by atoms with Crippen LogP contribution in [-0.4, -0.2) is 38.3 Å². The molecule has 0 heterocycles. The lowest BCUT2D eigenvalue weighted by atomic mass is 9.85. The lowest BCUT2D eigenvalue weighted by Gasteiger charge is -2.36. The summed E-state index contributed by atoms with van der Waals surface area (Å²) in [5.41, 5.74) is 1.14. The predicted molar refractivity (Wildman–Crippen MR) is 80.8 cm³/mol. The van der Waals surface area contributed by atoms with Gasteiger partial charge in [-0.1, -0.05) is 39.0 Å². The van der Waals surface area contributed by atoms with Crippen LogP contribution >= 0.6 is 0 Å². The molecule has 2 rings (SSSR count). The highest BCUT2D eigenvalue weighted by Gasteiger charge is 2.43. The minimum atomic E-state index is -0.465. The number of methoxy groups -OCH3 is 1. The maximum atomic E-state index is 11.7. The zero-order valence-corrected chi connectivity index (χ0v) is 13.2. The molecule has 1 fully saturated rings. The number of Topliss-reactive ketones (excluding diaryl/α,β-unsaturated/α-hetero) is 1. The highest BCUT2D eigenvalue weighted by molar-refractivity contribution is 5.90. The Kier molecular flexibility index (Phi) is 5.01. The fraction of sp³-hybridized carbons (Fsp3) is 0.588. The van der Waals surface area contributed by atoms with Gasteiger partial charge in [0, 0.05) is 13.5 Å². The summed E-state index contributed by atoms with van der Waals surface area (Å²) in [6.45, 7) is 7.33. The number of benzene rings is 1. The number of carbonyl (C=O) groups is 1. The second-order valence-corrected chi connectivity index (χ2v) is 6.36. The summed E-state index contributed by atoms with van der Waals surface area (Å²) in [6, 6.07) is 7.98. The molecular formula is C17H24O4. The van der Waals surface area contributed by atoms with Gasteiger partial charge in [0.2, 0.25) is 0 Å². The molecule has 0 saturated heterocycles. The van der Waals surface area contributed by atoms with E-state index in [1.165, 1.54) is 0 Å². The average Bonchev–Trinajstić information content (AvgIpc) is 2.42. The van der Waals surface area contributed by atoms with Crippen molar-refractivity contribution in [1.82, 2.24) is 0 Å². The topological polar surface area (TPSA) is 44.8 Å². The van der Waals surface area contributed by atoms with Crippen LogP contribution in [0.2, 0.25) is 0 Å². The monoisotopic (exact) mass is 292 g/mol. The number of carbonyl (C=O) groups excluding carboxylic acids is 1. The molecule has 0 radical (unpaired) electrons. The molecule has 1 aromatic carbocycles. The van der Waals surface area contributed by atoms with E-state index in [1.807, 2.05) is 18.2 Å². The smallest absolute Gasteiger partial charge is 0.169 e. The van der Waals surface area contributed by atoms with Gasteiger partial charge >= 0.3 is 0 Å². The maximum absolute atomic E-state index is 11.7. The van der Waals surface area contributed by atoms with Gasteiger partial charge in [-0.2, -0.15) is 0 Å². The van der Waals surface area contributed by atoms with Crippen molar-refractivity contribution in [3.63, 3.8) is 0 Å². The Bertz CT molecular complexity index is 490. The van der Waals surface area contributed by atoms with Gasteiger partial charge in [-0.05, 0) is 17.0 Å². The van der Waals surface area contributed by atoms with Gasteiger partial charge < -0.3 is 14.2 Å². The molecule has 4 nitrogen and oxygen atoms in total. The molecule has 116 valence electrons. The van der Waals surface area contributed by atoms with Crippen LogP contribution in [0.5, 0.6) is 5.75 Å². The molecule has 2 unspecified atom stereocenters. The number of rotatable bonds is 6. The molecule has 1 aromatic rings. The van der Waals surface area contributed by atoms with Crippen molar-refractivity contribution in [3.8, 4) is 5.75 Å². The van der Waals surface area contributed by atoms with Gasteiger partial charge in [-0.25, -0.2) is 0 Å². The molecule has 0 amide bonds. The molecule has 1 aliphatic rings. The van der Waals surface area contributed by atoms with Crippen LogP contribution in [0.1, 0.15) is 32.8 Å². The number of hydrogen-bond acceptors (Lipinski definition) is 4. The lowest BCUT2D eigenvalue weighted by Crippen LogP contribution is -2.52. The van der Waals surface area contributed by atoms with Crippen molar-refractivity contribution < 1.29 is 19.0 Å². The second-order valence-electron chi connectivity index (χ2n) is 6.36. The summed E-state index contributed by atoms with van der Waals surface area (Å²) in [7, 11) is 1.61. The third-order valence-corrected chi connectivity index (χ3v) is 3.62. The van der Waals surface area contributed by atoms with Crippen LogP contribution in [0.25, 0.3) is 0 Å². The first-order valence-electron chi connectivity index (χ1n) is 7.33. The van der Waals surface area contributed by atoms with Crippen molar-refractivity contribution in [3.05, 3.63) is 29.8 Å². The summed E-state index contributed by atoms with van der Waals surface area (Å²) in [5.74, 6) is 0.937. The third-order valence-electron chi connectivity index (χ3n) is 3.62. The number of hydrogen-bond donors (Lipinski definition) is 0. The van der Waals surface area contributed by atoms with Crippen LogP contribution in [0, 0.1) is 0 Å². The molecule has 0 N–H and O–H groups in total. The summed E-state index contributed by atoms with van der Waals surface area (Å²) in [6.07, 6.45) is -0.248. The quantitative estimate of drug-likeness (QED) is 0.756. The van der Waals surface area contributed by atoms with E-state index in [0.29, 0.717) is 19.6 Å². The Hall–Kier alpha value is -1.39. The first kappa shape index (κ1) is 16.0. The zero-order valence-electron chi connectivity index (χ0n) is 13.2. The fourth-order valence-corrected chi connectivity index (χ4v) is 2.38. The van der Waals surface area contributed by atoms with E-state index < -0.39 is 6.10 Å². The fourth-order valence-electron chi connectivity index (χ4n) is 2.38. The zero-order chi connectivity index (χ0) is 15.5. The molecule has 1 aliphatic carbocycles. The Morgan fingerprint density at radius 1 is 1.19 bits per heavy atom. The van der Waals surface area contributed by atoms with Gasteiger partial charge in [-0.3, -0.25) is 4.79 Å². The number of para-hydroxylation sites is 1. The van der Waals surface area contributed by atoms with Gasteiger partial charge in [0.1, 0.15) is 11.9 Å². The normalized spacial score (nSPS) is 22.0. The van der Waals surface area contributed by atoms with Gasteiger partial charge in [0.05, 0.1) is 13.2 Å². The predicted octanol–water partition coefficient (Wildman–Crippen LogP) is 2.74. The molecule has 0 aromatic heterocycles. The highest BCUT2D eigenvalue weighted by Crippen LogP contribution is 2.34. The Morgan fingerprint density at radius 2 is 1.90 bits per heavy atom. The molecule has 0 aliphatic heterocycles. The standard InChI is InChI=1S/C17H24O4/c1-17(2,3)12-7-5-6-8-14(12)21-15-11-13(18)16(15)20-10-9-19-4/h5-8,15-16H,9-11H2,1-4H3. The maximum Gasteiger partial charge on any atom is 0.169 e. The average molecular weight is 292 g/mol.